The summed E-state index contributed by atoms with van der Waals surface area (Å²) < 4.78 is 24.7. The third kappa shape index (κ3) is 5.68. The molecule has 0 heterocycles. The maximum absolute atomic E-state index is 11.7. The lowest BCUT2D eigenvalue weighted by Crippen LogP contribution is -2.32. The molecule has 0 fully saturated rings. The summed E-state index contributed by atoms with van der Waals surface area (Å²) in [6.45, 7) is 6.31. The molecule has 0 aliphatic rings. The monoisotopic (exact) mass is 405 g/mol. The van der Waals surface area contributed by atoms with Crippen LogP contribution in [0.15, 0.2) is 42.5 Å². The summed E-state index contributed by atoms with van der Waals surface area (Å²) in [6, 6.07) is 13.7. The zero-order valence-electron chi connectivity index (χ0n) is 16.4. The van der Waals surface area contributed by atoms with E-state index in [0.717, 1.165) is 12.1 Å². The molecular formula is C20H27N3O2S2. The maximum atomic E-state index is 11.7. The summed E-state index contributed by atoms with van der Waals surface area (Å²) in [5.74, 6) is 0. The van der Waals surface area contributed by atoms with Gasteiger partial charge in [0, 0.05) is 12.7 Å². The Bertz CT molecular complexity index is 927. The van der Waals surface area contributed by atoms with Crippen molar-refractivity contribution in [3.63, 3.8) is 0 Å². The molecule has 7 heteroatoms. The van der Waals surface area contributed by atoms with Gasteiger partial charge in [-0.05, 0) is 67.4 Å². The van der Waals surface area contributed by atoms with Gasteiger partial charge in [0.05, 0.1) is 18.0 Å². The van der Waals surface area contributed by atoms with Gasteiger partial charge in [-0.25, -0.2) is 8.42 Å². The van der Waals surface area contributed by atoms with Gasteiger partial charge in [0.1, 0.15) is 0 Å². The van der Waals surface area contributed by atoms with Gasteiger partial charge in [0.25, 0.3) is 0 Å². The highest BCUT2D eigenvalue weighted by Crippen LogP contribution is 2.22. The summed E-state index contributed by atoms with van der Waals surface area (Å²) in [7, 11) is -1.79. The molecule has 0 bridgehead atoms. The van der Waals surface area contributed by atoms with Crippen LogP contribution in [0.25, 0.3) is 0 Å². The number of sulfonamides is 1. The smallest absolute Gasteiger partial charge is 0.231 e. The van der Waals surface area contributed by atoms with E-state index in [1.165, 1.54) is 34.3 Å². The van der Waals surface area contributed by atoms with Crippen LogP contribution in [0, 0.1) is 13.8 Å². The Kier molecular flexibility index (Phi) is 6.84. The largest absolute Gasteiger partial charge is 0.356 e. The van der Waals surface area contributed by atoms with E-state index in [9.17, 15) is 8.42 Å². The highest BCUT2D eigenvalue weighted by Gasteiger charge is 2.14. The Morgan fingerprint density at radius 1 is 1.15 bits per heavy atom. The lowest BCUT2D eigenvalue weighted by atomic mass is 9.99. The van der Waals surface area contributed by atoms with Crippen LogP contribution in [0.5, 0.6) is 0 Å². The molecule has 1 atom stereocenters. The lowest BCUT2D eigenvalue weighted by Gasteiger charge is -2.22. The van der Waals surface area contributed by atoms with Gasteiger partial charge in [0.15, 0.2) is 5.11 Å². The summed E-state index contributed by atoms with van der Waals surface area (Å²) in [5.41, 5.74) is 5.02. The van der Waals surface area contributed by atoms with E-state index < -0.39 is 10.0 Å². The molecule has 0 aliphatic heterocycles. The third-order valence-corrected chi connectivity index (χ3v) is 6.04. The Hall–Kier alpha value is -2.12. The first kappa shape index (κ1) is 21.2. The Morgan fingerprint density at radius 3 is 2.44 bits per heavy atom. The first-order valence-corrected chi connectivity index (χ1v) is 11.1. The van der Waals surface area contributed by atoms with Crippen molar-refractivity contribution >= 4 is 38.7 Å². The van der Waals surface area contributed by atoms with Gasteiger partial charge in [-0.3, -0.25) is 4.31 Å². The van der Waals surface area contributed by atoms with Crippen LogP contribution < -0.4 is 14.9 Å². The van der Waals surface area contributed by atoms with E-state index in [1.807, 2.05) is 6.07 Å². The zero-order chi connectivity index (χ0) is 20.2. The number of anilines is 2. The molecule has 146 valence electrons. The van der Waals surface area contributed by atoms with Crippen LogP contribution in [-0.2, 0) is 10.0 Å². The summed E-state index contributed by atoms with van der Waals surface area (Å²) in [4.78, 5) is 0. The van der Waals surface area contributed by atoms with Crippen molar-refractivity contribution in [2.24, 2.45) is 0 Å². The molecular weight excluding hydrogens is 378 g/mol. The van der Waals surface area contributed by atoms with Gasteiger partial charge < -0.3 is 10.6 Å². The standard InChI is InChI=1S/C20H27N3O2S2/c1-6-19(16-11-10-14(2)15(3)12-16)22-20(26)21-17-8-7-9-18(13-17)23(4)27(5,24)25/h7-13,19H,6H2,1-5H3,(H2,21,22,26)/t19-/m1/s1. The number of nitrogens with one attached hydrogen (secondary N) is 2. The molecule has 0 saturated heterocycles. The minimum atomic E-state index is -3.31. The average Bonchev–Trinajstić information content (AvgIpc) is 2.61. The minimum absolute atomic E-state index is 0.103. The quantitative estimate of drug-likeness (QED) is 0.708. The van der Waals surface area contributed by atoms with Crippen molar-refractivity contribution in [2.45, 2.75) is 33.2 Å². The summed E-state index contributed by atoms with van der Waals surface area (Å²) >= 11 is 5.47. The van der Waals surface area contributed by atoms with E-state index in [1.54, 1.807) is 18.2 Å². The molecule has 2 aromatic rings. The number of benzene rings is 2. The third-order valence-electron chi connectivity index (χ3n) is 4.61. The van der Waals surface area contributed by atoms with Crippen LogP contribution >= 0.6 is 12.2 Å². The van der Waals surface area contributed by atoms with Crippen molar-refractivity contribution in [1.82, 2.24) is 5.32 Å². The van der Waals surface area contributed by atoms with E-state index in [0.29, 0.717) is 10.8 Å². The Labute approximate surface area is 167 Å². The second-order valence-corrected chi connectivity index (χ2v) is 9.11. The number of hydrogen-bond acceptors (Lipinski definition) is 3. The van der Waals surface area contributed by atoms with Gasteiger partial charge in [-0.15, -0.1) is 0 Å². The number of hydrogen-bond donors (Lipinski definition) is 2. The van der Waals surface area contributed by atoms with Gasteiger partial charge >= 0.3 is 0 Å². The first-order chi connectivity index (χ1) is 12.6. The zero-order valence-corrected chi connectivity index (χ0v) is 18.0. The summed E-state index contributed by atoms with van der Waals surface area (Å²) in [6.07, 6.45) is 2.07. The Balaban J connectivity index is 2.11. The first-order valence-electron chi connectivity index (χ1n) is 8.80. The molecule has 0 radical (unpaired) electrons. The van der Waals surface area contributed by atoms with Crippen molar-refractivity contribution in [1.29, 1.82) is 0 Å². The van der Waals surface area contributed by atoms with Crippen LogP contribution in [0.1, 0.15) is 36.1 Å². The predicted octanol–water partition coefficient (Wildman–Crippen LogP) is 4.14. The molecule has 0 aliphatic carbocycles. The second-order valence-electron chi connectivity index (χ2n) is 6.68. The molecule has 2 aromatic carbocycles. The fourth-order valence-electron chi connectivity index (χ4n) is 2.70. The highest BCUT2D eigenvalue weighted by atomic mass is 32.2. The topological polar surface area (TPSA) is 61.4 Å². The van der Waals surface area contributed by atoms with Crippen molar-refractivity contribution in [2.75, 3.05) is 22.9 Å². The molecule has 0 saturated carbocycles. The van der Waals surface area contributed by atoms with E-state index in [-0.39, 0.29) is 6.04 Å². The van der Waals surface area contributed by atoms with Crippen molar-refractivity contribution < 1.29 is 8.42 Å². The molecule has 2 N–H and O–H groups in total. The van der Waals surface area contributed by atoms with Gasteiger partial charge in [-0.2, -0.15) is 0 Å². The average molecular weight is 406 g/mol. The minimum Gasteiger partial charge on any atom is -0.356 e. The normalized spacial score (nSPS) is 12.3. The summed E-state index contributed by atoms with van der Waals surface area (Å²) in [5, 5.41) is 6.99. The number of thiocarbonyl (C=S) groups is 1. The second kappa shape index (κ2) is 8.71. The molecule has 2 rings (SSSR count). The molecule has 27 heavy (non-hydrogen) atoms. The lowest BCUT2D eigenvalue weighted by molar-refractivity contribution is 0.600. The molecule has 0 aromatic heterocycles. The van der Waals surface area contributed by atoms with Gasteiger partial charge in [0.2, 0.25) is 10.0 Å². The predicted molar refractivity (Wildman–Crippen MR) is 118 cm³/mol. The SMILES string of the molecule is CC[C@@H](NC(=S)Nc1cccc(N(C)S(C)(=O)=O)c1)c1ccc(C)c(C)c1. The number of aryl methyl sites for hydroxylation is 2. The molecule has 0 amide bonds. The molecule has 0 spiro atoms. The van der Waals surface area contributed by atoms with Crippen LogP contribution in [0.2, 0.25) is 0 Å². The maximum Gasteiger partial charge on any atom is 0.231 e. The highest BCUT2D eigenvalue weighted by molar-refractivity contribution is 7.92. The Morgan fingerprint density at radius 2 is 1.85 bits per heavy atom. The molecule has 5 nitrogen and oxygen atoms in total. The fraction of sp³-hybridized carbons (Fsp3) is 0.350. The van der Waals surface area contributed by atoms with Crippen molar-refractivity contribution in [3.05, 3.63) is 59.2 Å². The molecule has 0 unspecified atom stereocenters. The van der Waals surface area contributed by atoms with E-state index in [2.05, 4.69) is 49.6 Å². The van der Waals surface area contributed by atoms with E-state index in [4.69, 9.17) is 12.2 Å². The number of nitrogens with zero attached hydrogens (tertiary/aromatic N) is 1. The van der Waals surface area contributed by atoms with Crippen molar-refractivity contribution in [3.8, 4) is 0 Å². The van der Waals surface area contributed by atoms with Crippen LogP contribution in [0.3, 0.4) is 0 Å². The fourth-order valence-corrected chi connectivity index (χ4v) is 3.46. The van der Waals surface area contributed by atoms with Gasteiger partial charge in [-0.1, -0.05) is 31.2 Å². The number of rotatable bonds is 6. The van der Waals surface area contributed by atoms with Crippen LogP contribution in [0.4, 0.5) is 11.4 Å². The van der Waals surface area contributed by atoms with E-state index >= 15 is 0 Å². The van der Waals surface area contributed by atoms with Crippen LogP contribution in [-0.4, -0.2) is 26.8 Å².